The summed E-state index contributed by atoms with van der Waals surface area (Å²) >= 11 is 1.43. The molecule has 0 aliphatic carbocycles. The van der Waals surface area contributed by atoms with E-state index >= 15 is 0 Å². The van der Waals surface area contributed by atoms with E-state index in [4.69, 9.17) is 0 Å². The molecule has 2 aromatic carbocycles. The van der Waals surface area contributed by atoms with Gasteiger partial charge in [-0.25, -0.2) is 9.89 Å². The summed E-state index contributed by atoms with van der Waals surface area (Å²) in [7, 11) is 0. The molecule has 2 aromatic heterocycles. The van der Waals surface area contributed by atoms with Crippen molar-refractivity contribution in [2.45, 2.75) is 23.9 Å². The van der Waals surface area contributed by atoms with Crippen molar-refractivity contribution in [2.75, 3.05) is 0 Å². The van der Waals surface area contributed by atoms with Crippen molar-refractivity contribution in [3.05, 3.63) is 82.5 Å². The van der Waals surface area contributed by atoms with Crippen molar-refractivity contribution in [2.24, 2.45) is 0 Å². The first-order valence-electron chi connectivity index (χ1n) is 8.46. The molecule has 136 valence electrons. The highest BCUT2D eigenvalue weighted by Crippen LogP contribution is 2.20. The molecule has 4 rings (SSSR count). The van der Waals surface area contributed by atoms with Crippen LogP contribution < -0.4 is 5.69 Å². The third-order valence-corrected chi connectivity index (χ3v) is 5.03. The van der Waals surface area contributed by atoms with Gasteiger partial charge in [0.25, 0.3) is 0 Å². The zero-order valence-electron chi connectivity index (χ0n) is 14.4. The second kappa shape index (κ2) is 8.00. The van der Waals surface area contributed by atoms with Gasteiger partial charge < -0.3 is 0 Å². The van der Waals surface area contributed by atoms with Crippen LogP contribution in [0.1, 0.15) is 11.4 Å². The quantitative estimate of drug-likeness (QED) is 0.494. The van der Waals surface area contributed by atoms with Crippen molar-refractivity contribution < 1.29 is 0 Å². The molecular weight excluding hydrogens is 362 g/mol. The fraction of sp³-hybridized carbons (Fsp3) is 0.167. The average molecular weight is 379 g/mol. The van der Waals surface area contributed by atoms with Gasteiger partial charge in [0, 0.05) is 6.54 Å². The minimum atomic E-state index is -0.212. The van der Waals surface area contributed by atoms with Gasteiger partial charge in [-0.3, -0.25) is 4.57 Å². The van der Waals surface area contributed by atoms with Crippen LogP contribution in [0, 0.1) is 0 Å². The highest BCUT2D eigenvalue weighted by Gasteiger charge is 2.13. The molecule has 0 fully saturated rings. The Balaban J connectivity index is 1.47. The minimum Gasteiger partial charge on any atom is -0.270 e. The number of thioether (sulfide) groups is 1. The first kappa shape index (κ1) is 17.2. The lowest BCUT2D eigenvalue weighted by molar-refractivity contribution is 0.615. The molecule has 0 saturated carbocycles. The van der Waals surface area contributed by atoms with Gasteiger partial charge in [0.05, 0.1) is 11.4 Å². The highest BCUT2D eigenvalue weighted by molar-refractivity contribution is 7.98. The van der Waals surface area contributed by atoms with Crippen LogP contribution in [0.2, 0.25) is 0 Å². The molecule has 0 amide bonds. The van der Waals surface area contributed by atoms with E-state index in [1.165, 1.54) is 17.3 Å². The topological polar surface area (TPSA) is 94.3 Å². The number of hydrogen-bond donors (Lipinski definition) is 1. The second-order valence-electron chi connectivity index (χ2n) is 5.83. The predicted octanol–water partition coefficient (Wildman–Crippen LogP) is 2.08. The van der Waals surface area contributed by atoms with Crippen molar-refractivity contribution in [3.63, 3.8) is 0 Å². The van der Waals surface area contributed by atoms with E-state index in [0.717, 1.165) is 12.1 Å². The maximum Gasteiger partial charge on any atom is 0.343 e. The van der Waals surface area contributed by atoms with Crippen molar-refractivity contribution in [3.8, 4) is 5.69 Å². The number of aryl methyl sites for hydroxylation is 1. The van der Waals surface area contributed by atoms with Crippen molar-refractivity contribution in [1.29, 1.82) is 0 Å². The average Bonchev–Trinajstić information content (AvgIpc) is 3.33. The number of H-pyrrole nitrogens is 1. The van der Waals surface area contributed by atoms with Gasteiger partial charge in [-0.1, -0.05) is 60.3 Å². The summed E-state index contributed by atoms with van der Waals surface area (Å²) in [5.74, 6) is 1.19. The first-order valence-corrected chi connectivity index (χ1v) is 9.44. The summed E-state index contributed by atoms with van der Waals surface area (Å²) in [4.78, 5) is 12.1. The lowest BCUT2D eigenvalue weighted by Crippen LogP contribution is -2.19. The van der Waals surface area contributed by atoms with Crippen LogP contribution in [-0.2, 0) is 18.7 Å². The Morgan fingerprint density at radius 1 is 1.00 bits per heavy atom. The molecule has 2 heterocycles. The number of hydrogen-bond acceptors (Lipinski definition) is 6. The number of aromatic amines is 1. The summed E-state index contributed by atoms with van der Waals surface area (Å²) in [5.41, 5.74) is 1.85. The molecule has 0 radical (unpaired) electrons. The van der Waals surface area contributed by atoms with E-state index in [0.29, 0.717) is 23.3 Å². The Labute approximate surface area is 159 Å². The smallest absolute Gasteiger partial charge is 0.270 e. The lowest BCUT2D eigenvalue weighted by Gasteiger charge is -2.06. The Morgan fingerprint density at radius 3 is 2.52 bits per heavy atom. The third-order valence-electron chi connectivity index (χ3n) is 4.06. The number of nitrogens with one attached hydrogen (secondary N) is 1. The molecule has 1 N–H and O–H groups in total. The summed E-state index contributed by atoms with van der Waals surface area (Å²) in [6, 6.07) is 19.7. The molecule has 0 unspecified atom stereocenters. The largest absolute Gasteiger partial charge is 0.343 e. The molecule has 27 heavy (non-hydrogen) atoms. The van der Waals surface area contributed by atoms with Gasteiger partial charge in [0.15, 0.2) is 11.0 Å². The van der Waals surface area contributed by atoms with Gasteiger partial charge in [-0.05, 0) is 34.5 Å². The van der Waals surface area contributed by atoms with Gasteiger partial charge in [-0.2, -0.15) is 4.68 Å². The van der Waals surface area contributed by atoms with E-state index in [1.807, 2.05) is 60.7 Å². The second-order valence-corrected chi connectivity index (χ2v) is 6.77. The highest BCUT2D eigenvalue weighted by atomic mass is 32.2. The SMILES string of the molecule is O=c1[nH]nc(SCc2nnnn2-c2ccccc2)n1CCc1ccccc1. The lowest BCUT2D eigenvalue weighted by atomic mass is 10.1. The molecule has 8 nitrogen and oxygen atoms in total. The van der Waals surface area contributed by atoms with E-state index in [9.17, 15) is 4.79 Å². The summed E-state index contributed by atoms with van der Waals surface area (Å²) < 4.78 is 3.33. The molecule has 0 saturated heterocycles. The minimum absolute atomic E-state index is 0.212. The van der Waals surface area contributed by atoms with Crippen molar-refractivity contribution in [1.82, 2.24) is 35.0 Å². The van der Waals surface area contributed by atoms with Crippen LogP contribution in [0.5, 0.6) is 0 Å². The number of para-hydroxylation sites is 1. The molecule has 0 bridgehead atoms. The van der Waals surface area contributed by atoms with Crippen LogP contribution in [-0.4, -0.2) is 35.0 Å². The van der Waals surface area contributed by atoms with Crippen molar-refractivity contribution >= 4 is 11.8 Å². The summed E-state index contributed by atoms with van der Waals surface area (Å²) in [6.07, 6.45) is 0.760. The van der Waals surface area contributed by atoms with Gasteiger partial charge in [0.2, 0.25) is 0 Å². The van der Waals surface area contributed by atoms with E-state index < -0.39 is 0 Å². The fourth-order valence-electron chi connectivity index (χ4n) is 2.69. The van der Waals surface area contributed by atoms with Gasteiger partial charge in [-0.15, -0.1) is 10.2 Å². The molecule has 0 aliphatic rings. The van der Waals surface area contributed by atoms with Gasteiger partial charge >= 0.3 is 5.69 Å². The first-order chi connectivity index (χ1) is 13.3. The van der Waals surface area contributed by atoms with Crippen LogP contribution in [0.3, 0.4) is 0 Å². The fourth-order valence-corrected chi connectivity index (χ4v) is 3.57. The van der Waals surface area contributed by atoms with E-state index in [-0.39, 0.29) is 5.69 Å². The number of tetrazole rings is 1. The zero-order chi connectivity index (χ0) is 18.5. The third kappa shape index (κ3) is 3.98. The number of nitrogens with zero attached hydrogens (tertiary/aromatic N) is 6. The summed E-state index contributed by atoms with van der Waals surface area (Å²) in [5, 5.41) is 19.2. The molecule has 4 aromatic rings. The standard InChI is InChI=1S/C18H17N7OS/c26-17-20-21-18(24(17)12-11-14-7-3-1-4-8-14)27-13-16-19-22-23-25(16)15-9-5-2-6-10-15/h1-10H,11-13H2,(H,20,26). The molecular formula is C18H17N7OS. The maximum absolute atomic E-state index is 12.1. The number of aromatic nitrogens is 7. The molecule has 0 atom stereocenters. The summed E-state index contributed by atoms with van der Waals surface area (Å²) in [6.45, 7) is 0.561. The van der Waals surface area contributed by atoms with E-state index in [1.54, 1.807) is 9.25 Å². The van der Waals surface area contributed by atoms with Crippen LogP contribution >= 0.6 is 11.8 Å². The number of rotatable bonds is 7. The molecule has 0 aliphatic heterocycles. The Hall–Kier alpha value is -3.20. The maximum atomic E-state index is 12.1. The Bertz CT molecular complexity index is 1060. The Morgan fingerprint density at radius 2 is 1.74 bits per heavy atom. The predicted molar refractivity (Wildman–Crippen MR) is 102 cm³/mol. The van der Waals surface area contributed by atoms with Crippen LogP contribution in [0.25, 0.3) is 5.69 Å². The molecule has 0 spiro atoms. The van der Waals surface area contributed by atoms with Gasteiger partial charge in [0.1, 0.15) is 0 Å². The Kier molecular flexibility index (Phi) is 5.10. The zero-order valence-corrected chi connectivity index (χ0v) is 15.2. The normalized spacial score (nSPS) is 11.0. The monoisotopic (exact) mass is 379 g/mol. The number of benzene rings is 2. The van der Waals surface area contributed by atoms with E-state index in [2.05, 4.69) is 25.7 Å². The van der Waals surface area contributed by atoms with Crippen LogP contribution in [0.15, 0.2) is 70.6 Å². The van der Waals surface area contributed by atoms with Crippen LogP contribution in [0.4, 0.5) is 0 Å². The molecule has 9 heteroatoms.